The standard InChI is InChI=1S/C20H14Cl2F3NO2/c21-15-8-4-5-9-16(15)26-18(28)14-11-19(22,20(23,24)25)10-13(17(14)27)12-6-2-1-3-7-12/h1-9,11,27H,10H2,(H,26,28). The first-order valence-electron chi connectivity index (χ1n) is 8.15. The minimum atomic E-state index is -4.84. The molecule has 1 aliphatic carbocycles. The summed E-state index contributed by atoms with van der Waals surface area (Å²) in [5.74, 6) is -1.51. The summed E-state index contributed by atoms with van der Waals surface area (Å²) in [6, 6.07) is 14.2. The van der Waals surface area contributed by atoms with E-state index in [4.69, 9.17) is 23.2 Å². The number of hydrogen-bond donors (Lipinski definition) is 2. The summed E-state index contributed by atoms with van der Waals surface area (Å²) >= 11 is 11.9. The molecule has 28 heavy (non-hydrogen) atoms. The first-order chi connectivity index (χ1) is 13.1. The monoisotopic (exact) mass is 427 g/mol. The number of alkyl halides is 4. The molecule has 0 bridgehead atoms. The third-order valence-corrected chi connectivity index (χ3v) is 5.09. The highest BCUT2D eigenvalue weighted by atomic mass is 35.5. The van der Waals surface area contributed by atoms with Gasteiger partial charge >= 0.3 is 6.18 Å². The number of carbonyl (C=O) groups is 1. The summed E-state index contributed by atoms with van der Waals surface area (Å²) in [5.41, 5.74) is -0.107. The highest BCUT2D eigenvalue weighted by molar-refractivity contribution is 6.34. The van der Waals surface area contributed by atoms with E-state index in [1.54, 1.807) is 30.3 Å². The number of anilines is 1. The molecule has 1 atom stereocenters. The van der Waals surface area contributed by atoms with Crippen molar-refractivity contribution in [1.29, 1.82) is 0 Å². The first-order valence-corrected chi connectivity index (χ1v) is 8.90. The molecule has 0 saturated heterocycles. The number of para-hydroxylation sites is 1. The second kappa shape index (κ2) is 7.53. The predicted molar refractivity (Wildman–Crippen MR) is 103 cm³/mol. The number of halogens is 5. The average molecular weight is 428 g/mol. The van der Waals surface area contributed by atoms with Gasteiger partial charge in [-0.1, -0.05) is 54.1 Å². The molecule has 2 N–H and O–H groups in total. The Morgan fingerprint density at radius 3 is 2.29 bits per heavy atom. The lowest BCUT2D eigenvalue weighted by molar-refractivity contribution is -0.149. The van der Waals surface area contributed by atoms with Gasteiger partial charge < -0.3 is 10.4 Å². The van der Waals surface area contributed by atoms with Crippen LogP contribution in [0.3, 0.4) is 0 Å². The van der Waals surface area contributed by atoms with Gasteiger partial charge in [0.15, 0.2) is 4.87 Å². The lowest BCUT2D eigenvalue weighted by Crippen LogP contribution is -2.41. The van der Waals surface area contributed by atoms with Crippen molar-refractivity contribution in [1.82, 2.24) is 0 Å². The summed E-state index contributed by atoms with van der Waals surface area (Å²) < 4.78 is 40.9. The van der Waals surface area contributed by atoms with Crippen LogP contribution in [-0.2, 0) is 4.79 Å². The minimum Gasteiger partial charge on any atom is -0.507 e. The Morgan fingerprint density at radius 1 is 1.07 bits per heavy atom. The van der Waals surface area contributed by atoms with Gasteiger partial charge in [-0.05, 0) is 23.8 Å². The second-order valence-corrected chi connectivity index (χ2v) is 7.30. The number of allylic oxidation sites excluding steroid dienone is 2. The Balaban J connectivity index is 2.08. The molecule has 8 heteroatoms. The molecule has 1 amide bonds. The van der Waals surface area contributed by atoms with Gasteiger partial charge in [-0.2, -0.15) is 13.2 Å². The fraction of sp³-hybridized carbons (Fsp3) is 0.150. The number of benzene rings is 2. The van der Waals surface area contributed by atoms with E-state index < -0.39 is 34.7 Å². The number of rotatable bonds is 3. The van der Waals surface area contributed by atoms with Crippen LogP contribution in [0.4, 0.5) is 18.9 Å². The summed E-state index contributed by atoms with van der Waals surface area (Å²) in [6.07, 6.45) is -5.01. The molecule has 2 aromatic carbocycles. The van der Waals surface area contributed by atoms with Crippen molar-refractivity contribution in [2.24, 2.45) is 0 Å². The number of hydrogen-bond acceptors (Lipinski definition) is 2. The summed E-state index contributed by atoms with van der Waals surface area (Å²) in [5, 5.41) is 13.2. The zero-order chi connectivity index (χ0) is 20.5. The highest BCUT2D eigenvalue weighted by Crippen LogP contribution is 2.48. The van der Waals surface area contributed by atoms with E-state index in [9.17, 15) is 23.1 Å². The number of aliphatic hydroxyl groups is 1. The van der Waals surface area contributed by atoms with Gasteiger partial charge in [0.05, 0.1) is 16.3 Å². The van der Waals surface area contributed by atoms with Gasteiger partial charge in [-0.3, -0.25) is 4.79 Å². The Bertz CT molecular complexity index is 971. The molecule has 146 valence electrons. The molecule has 1 unspecified atom stereocenters. The zero-order valence-corrected chi connectivity index (χ0v) is 15.7. The van der Waals surface area contributed by atoms with Crippen LogP contribution in [-0.4, -0.2) is 22.1 Å². The van der Waals surface area contributed by atoms with Gasteiger partial charge in [0.1, 0.15) is 5.76 Å². The normalized spacial score (nSPS) is 20.0. The Labute approximate surface area is 169 Å². The van der Waals surface area contributed by atoms with E-state index >= 15 is 0 Å². The third kappa shape index (κ3) is 3.88. The van der Waals surface area contributed by atoms with Crippen molar-refractivity contribution >= 4 is 40.4 Å². The maximum absolute atomic E-state index is 13.6. The molecule has 0 aromatic heterocycles. The van der Waals surface area contributed by atoms with Crippen LogP contribution in [0.15, 0.2) is 72.0 Å². The fourth-order valence-corrected chi connectivity index (χ4v) is 3.26. The van der Waals surface area contributed by atoms with Crippen molar-refractivity contribution in [3.05, 3.63) is 82.6 Å². The van der Waals surface area contributed by atoms with E-state index in [2.05, 4.69) is 5.32 Å². The predicted octanol–water partition coefficient (Wildman–Crippen LogP) is 6.12. The van der Waals surface area contributed by atoms with Crippen molar-refractivity contribution in [3.8, 4) is 0 Å². The molecule has 1 aliphatic rings. The van der Waals surface area contributed by atoms with Gasteiger partial charge in [0.2, 0.25) is 0 Å². The summed E-state index contributed by atoms with van der Waals surface area (Å²) in [4.78, 5) is 9.83. The SMILES string of the molecule is O=C(Nc1ccccc1Cl)C1=CC(Cl)(C(F)(F)F)CC(c2ccccc2)=C1O. The van der Waals surface area contributed by atoms with Crippen molar-refractivity contribution in [2.75, 3.05) is 5.32 Å². The average Bonchev–Trinajstić information content (AvgIpc) is 2.65. The Hall–Kier alpha value is -2.44. The molecule has 3 nitrogen and oxygen atoms in total. The van der Waals surface area contributed by atoms with Crippen molar-refractivity contribution < 1.29 is 23.1 Å². The van der Waals surface area contributed by atoms with Gasteiger partial charge in [-0.15, -0.1) is 11.6 Å². The van der Waals surface area contributed by atoms with Crippen LogP contribution in [0, 0.1) is 0 Å². The lowest BCUT2D eigenvalue weighted by atomic mass is 9.84. The molecule has 0 aliphatic heterocycles. The number of nitrogens with one attached hydrogen (secondary N) is 1. The van der Waals surface area contributed by atoms with Crippen LogP contribution in [0.5, 0.6) is 0 Å². The minimum absolute atomic E-state index is 0.0697. The van der Waals surface area contributed by atoms with E-state index in [1.807, 2.05) is 0 Å². The molecule has 0 saturated carbocycles. The number of amides is 1. The largest absolute Gasteiger partial charge is 0.507 e. The fourth-order valence-electron chi connectivity index (χ4n) is 2.84. The van der Waals surface area contributed by atoms with Crippen LogP contribution in [0.2, 0.25) is 5.02 Å². The van der Waals surface area contributed by atoms with Crippen LogP contribution < -0.4 is 5.32 Å². The quantitative estimate of drug-likeness (QED) is 0.579. The van der Waals surface area contributed by atoms with Crippen LogP contribution >= 0.6 is 23.2 Å². The zero-order valence-electron chi connectivity index (χ0n) is 14.2. The molecule has 3 rings (SSSR count). The molecular formula is C20H14Cl2F3NO2. The maximum Gasteiger partial charge on any atom is 0.411 e. The molecule has 0 radical (unpaired) electrons. The number of carbonyl (C=O) groups excluding carboxylic acids is 1. The maximum atomic E-state index is 13.6. The first kappa shape index (κ1) is 20.3. The third-order valence-electron chi connectivity index (χ3n) is 4.31. The molecule has 0 heterocycles. The van der Waals surface area contributed by atoms with Gasteiger partial charge in [0, 0.05) is 12.0 Å². The Morgan fingerprint density at radius 2 is 1.68 bits per heavy atom. The van der Waals surface area contributed by atoms with E-state index in [0.717, 1.165) is 0 Å². The highest BCUT2D eigenvalue weighted by Gasteiger charge is 2.55. The lowest BCUT2D eigenvalue weighted by Gasteiger charge is -2.32. The van der Waals surface area contributed by atoms with Crippen molar-refractivity contribution in [2.45, 2.75) is 17.5 Å². The van der Waals surface area contributed by atoms with Crippen molar-refractivity contribution in [3.63, 3.8) is 0 Å². The molecule has 0 spiro atoms. The molecule has 2 aromatic rings. The van der Waals surface area contributed by atoms with Crippen LogP contribution in [0.25, 0.3) is 5.57 Å². The molecular weight excluding hydrogens is 414 g/mol. The van der Waals surface area contributed by atoms with Gasteiger partial charge in [0.25, 0.3) is 5.91 Å². The summed E-state index contributed by atoms with van der Waals surface area (Å²) in [6.45, 7) is 0. The summed E-state index contributed by atoms with van der Waals surface area (Å²) in [7, 11) is 0. The number of aliphatic hydroxyl groups excluding tert-OH is 1. The molecule has 0 fully saturated rings. The Kier molecular flexibility index (Phi) is 5.46. The van der Waals surface area contributed by atoms with E-state index in [-0.39, 0.29) is 16.3 Å². The van der Waals surface area contributed by atoms with Gasteiger partial charge in [-0.25, -0.2) is 0 Å². The van der Waals surface area contributed by atoms with Crippen LogP contribution in [0.1, 0.15) is 12.0 Å². The second-order valence-electron chi connectivity index (χ2n) is 6.22. The van der Waals surface area contributed by atoms with E-state index in [1.165, 1.54) is 24.3 Å². The topological polar surface area (TPSA) is 49.3 Å². The smallest absolute Gasteiger partial charge is 0.411 e. The van der Waals surface area contributed by atoms with E-state index in [0.29, 0.717) is 11.6 Å².